The fourth-order valence-electron chi connectivity index (χ4n) is 2.77. The molecule has 0 unspecified atom stereocenters. The molecular formula is C21H22O2. The quantitative estimate of drug-likeness (QED) is 0.744. The Morgan fingerprint density at radius 3 is 1.43 bits per heavy atom. The minimum Gasteiger partial charge on any atom is -0.497 e. The minimum absolute atomic E-state index is 0.626. The van der Waals surface area contributed by atoms with Gasteiger partial charge in [0.05, 0.1) is 14.2 Å². The molecule has 1 fully saturated rings. The Kier molecular flexibility index (Phi) is 4.27. The van der Waals surface area contributed by atoms with E-state index in [1.807, 2.05) is 24.3 Å². The van der Waals surface area contributed by atoms with E-state index in [9.17, 15) is 0 Å². The third-order valence-electron chi connectivity index (χ3n) is 4.65. The van der Waals surface area contributed by atoms with Crippen LogP contribution in [-0.4, -0.2) is 14.2 Å². The van der Waals surface area contributed by atoms with Crippen molar-refractivity contribution in [1.82, 2.24) is 0 Å². The molecule has 2 atom stereocenters. The van der Waals surface area contributed by atoms with Gasteiger partial charge in [0.15, 0.2) is 0 Å². The second-order valence-electron chi connectivity index (χ2n) is 5.99. The van der Waals surface area contributed by atoms with Crippen molar-refractivity contribution in [2.75, 3.05) is 14.2 Å². The van der Waals surface area contributed by atoms with Crippen LogP contribution in [0.5, 0.6) is 11.5 Å². The Balaban J connectivity index is 2.08. The second kappa shape index (κ2) is 6.36. The lowest BCUT2D eigenvalue weighted by atomic mass is 9.98. The number of allylic oxidation sites excluding steroid dienone is 1. The highest BCUT2D eigenvalue weighted by molar-refractivity contribution is 5.80. The van der Waals surface area contributed by atoms with E-state index in [2.05, 4.69) is 43.8 Å². The predicted molar refractivity (Wildman–Crippen MR) is 93.9 cm³/mol. The van der Waals surface area contributed by atoms with Crippen molar-refractivity contribution < 1.29 is 9.47 Å². The van der Waals surface area contributed by atoms with Gasteiger partial charge in [0.1, 0.15) is 11.5 Å². The average molecular weight is 306 g/mol. The second-order valence-corrected chi connectivity index (χ2v) is 5.99. The molecule has 0 bridgehead atoms. The Labute approximate surface area is 138 Å². The number of methoxy groups -OCH3 is 2. The highest BCUT2D eigenvalue weighted by atomic mass is 16.5. The van der Waals surface area contributed by atoms with Crippen LogP contribution in [0.15, 0.2) is 59.8 Å². The standard InChI is InChI=1S/C21H22O2/c1-14-15(2)20(14)13-21(16-5-9-18(22-3)10-6-16)17-7-11-19(23-4)12-8-17/h5-12,14-15H,1-4H3/t14-,15-/m0/s1. The number of hydrogen-bond donors (Lipinski definition) is 0. The summed E-state index contributed by atoms with van der Waals surface area (Å²) in [5, 5.41) is 0. The van der Waals surface area contributed by atoms with Crippen molar-refractivity contribution in [3.63, 3.8) is 0 Å². The lowest BCUT2D eigenvalue weighted by molar-refractivity contribution is 0.414. The maximum atomic E-state index is 5.26. The lowest BCUT2D eigenvalue weighted by Crippen LogP contribution is -1.89. The first-order valence-corrected chi connectivity index (χ1v) is 7.93. The van der Waals surface area contributed by atoms with Crippen LogP contribution < -0.4 is 9.47 Å². The van der Waals surface area contributed by atoms with Crippen molar-refractivity contribution in [3.8, 4) is 11.5 Å². The van der Waals surface area contributed by atoms with E-state index >= 15 is 0 Å². The molecule has 1 aliphatic carbocycles. The molecular weight excluding hydrogens is 284 g/mol. The predicted octanol–water partition coefficient (Wildman–Crippen LogP) is 4.95. The molecule has 1 aliphatic rings. The van der Waals surface area contributed by atoms with E-state index < -0.39 is 0 Å². The third kappa shape index (κ3) is 3.18. The van der Waals surface area contributed by atoms with Crippen molar-refractivity contribution in [1.29, 1.82) is 0 Å². The summed E-state index contributed by atoms with van der Waals surface area (Å²) >= 11 is 0. The van der Waals surface area contributed by atoms with Crippen LogP contribution in [0.1, 0.15) is 25.0 Å². The van der Waals surface area contributed by atoms with Gasteiger partial charge in [0.2, 0.25) is 0 Å². The number of rotatable bonds is 4. The molecule has 0 aromatic heterocycles. The van der Waals surface area contributed by atoms with Gasteiger partial charge in [0, 0.05) is 5.57 Å². The SMILES string of the molecule is COc1ccc(C(=C=C2[C@@H](C)[C@@H]2C)c2ccc(OC)cc2)cc1. The van der Waals surface area contributed by atoms with E-state index in [1.54, 1.807) is 14.2 Å². The van der Waals surface area contributed by atoms with Crippen LogP contribution in [0.3, 0.4) is 0 Å². The normalized spacial score (nSPS) is 19.0. The molecule has 2 aromatic carbocycles. The molecule has 0 heterocycles. The minimum atomic E-state index is 0.626. The Hall–Kier alpha value is -2.44. The van der Waals surface area contributed by atoms with E-state index in [-0.39, 0.29) is 0 Å². The van der Waals surface area contributed by atoms with Gasteiger partial charge >= 0.3 is 0 Å². The zero-order valence-electron chi connectivity index (χ0n) is 14.1. The van der Waals surface area contributed by atoms with Crippen LogP contribution >= 0.6 is 0 Å². The first kappa shape index (κ1) is 15.5. The van der Waals surface area contributed by atoms with Gasteiger partial charge in [0.25, 0.3) is 0 Å². The molecule has 0 amide bonds. The van der Waals surface area contributed by atoms with Crippen molar-refractivity contribution >= 4 is 5.57 Å². The summed E-state index contributed by atoms with van der Waals surface area (Å²) in [7, 11) is 3.37. The summed E-state index contributed by atoms with van der Waals surface area (Å²) in [4.78, 5) is 0. The van der Waals surface area contributed by atoms with Gasteiger partial charge in [-0.1, -0.05) is 38.1 Å². The van der Waals surface area contributed by atoms with E-state index in [1.165, 1.54) is 5.57 Å². The van der Waals surface area contributed by atoms with Gasteiger partial charge in [-0.15, -0.1) is 5.73 Å². The molecule has 23 heavy (non-hydrogen) atoms. The Morgan fingerprint density at radius 1 is 0.739 bits per heavy atom. The molecule has 0 N–H and O–H groups in total. The van der Waals surface area contributed by atoms with Crippen LogP contribution in [0.25, 0.3) is 5.57 Å². The monoisotopic (exact) mass is 306 g/mol. The van der Waals surface area contributed by atoms with Gasteiger partial charge in [-0.3, -0.25) is 0 Å². The van der Waals surface area contributed by atoms with Gasteiger partial charge in [-0.05, 0) is 52.8 Å². The zero-order valence-corrected chi connectivity index (χ0v) is 14.1. The van der Waals surface area contributed by atoms with Crippen LogP contribution in [0.4, 0.5) is 0 Å². The Bertz CT molecular complexity index is 688. The number of ether oxygens (including phenoxy) is 2. The molecule has 1 saturated carbocycles. The lowest BCUT2D eigenvalue weighted by Gasteiger charge is -2.08. The van der Waals surface area contributed by atoms with Crippen LogP contribution in [0, 0.1) is 11.8 Å². The summed E-state index contributed by atoms with van der Waals surface area (Å²) in [5.74, 6) is 2.98. The summed E-state index contributed by atoms with van der Waals surface area (Å²) in [6.07, 6.45) is 0. The topological polar surface area (TPSA) is 18.5 Å². The largest absolute Gasteiger partial charge is 0.497 e. The Morgan fingerprint density at radius 2 is 1.13 bits per heavy atom. The van der Waals surface area contributed by atoms with E-state index in [0.29, 0.717) is 11.8 Å². The highest BCUT2D eigenvalue weighted by Crippen LogP contribution is 2.44. The fraction of sp³-hybridized carbons (Fsp3) is 0.286. The van der Waals surface area contributed by atoms with Gasteiger partial charge in [-0.25, -0.2) is 0 Å². The summed E-state index contributed by atoms with van der Waals surface area (Å²) in [6, 6.07) is 16.3. The van der Waals surface area contributed by atoms with Crippen molar-refractivity contribution in [2.45, 2.75) is 13.8 Å². The smallest absolute Gasteiger partial charge is 0.118 e. The van der Waals surface area contributed by atoms with Gasteiger partial charge in [-0.2, -0.15) is 0 Å². The van der Waals surface area contributed by atoms with Crippen molar-refractivity contribution in [3.05, 3.63) is 71.0 Å². The molecule has 3 rings (SSSR count). The summed E-state index contributed by atoms with van der Waals surface area (Å²) in [6.45, 7) is 4.51. The number of benzene rings is 2. The van der Waals surface area contributed by atoms with E-state index in [4.69, 9.17) is 9.47 Å². The molecule has 2 heteroatoms. The molecule has 0 saturated heterocycles. The molecule has 2 nitrogen and oxygen atoms in total. The fourth-order valence-corrected chi connectivity index (χ4v) is 2.77. The highest BCUT2D eigenvalue weighted by Gasteiger charge is 2.35. The first-order valence-electron chi connectivity index (χ1n) is 7.93. The maximum Gasteiger partial charge on any atom is 0.118 e. The third-order valence-corrected chi connectivity index (χ3v) is 4.65. The molecule has 118 valence electrons. The number of hydrogen-bond acceptors (Lipinski definition) is 2. The first-order chi connectivity index (χ1) is 11.1. The molecule has 2 aromatic rings. The van der Waals surface area contributed by atoms with Gasteiger partial charge < -0.3 is 9.47 Å². The summed E-state index contributed by atoms with van der Waals surface area (Å²) < 4.78 is 10.5. The van der Waals surface area contributed by atoms with Crippen molar-refractivity contribution in [2.24, 2.45) is 11.8 Å². The molecule has 0 spiro atoms. The van der Waals surface area contributed by atoms with E-state index in [0.717, 1.165) is 28.2 Å². The molecule has 0 aliphatic heterocycles. The maximum absolute atomic E-state index is 5.26. The average Bonchev–Trinajstić information content (AvgIpc) is 3.18. The zero-order chi connectivity index (χ0) is 16.4. The van der Waals surface area contributed by atoms with Crippen LogP contribution in [-0.2, 0) is 0 Å². The van der Waals surface area contributed by atoms with Crippen LogP contribution in [0.2, 0.25) is 0 Å². The summed E-state index contributed by atoms with van der Waals surface area (Å²) in [5.41, 5.74) is 8.47. The molecule has 0 radical (unpaired) electrons.